The van der Waals surface area contributed by atoms with Crippen LogP contribution in [0.25, 0.3) is 0 Å². The Labute approximate surface area is 381 Å². The molecule has 0 radical (unpaired) electrons. The minimum atomic E-state index is -2.81. The molecular weight excluding hydrogens is 845 g/mol. The highest BCUT2D eigenvalue weighted by Gasteiger charge is 2.62. The van der Waals surface area contributed by atoms with Crippen molar-refractivity contribution < 1.29 is 62.2 Å². The van der Waals surface area contributed by atoms with Gasteiger partial charge in [-0.2, -0.15) is 0 Å². The predicted octanol–water partition coefficient (Wildman–Crippen LogP) is 8.12. The summed E-state index contributed by atoms with van der Waals surface area (Å²) in [4.78, 5) is 68.8. The number of hydrogen-bond donors (Lipinski definition) is 1. The van der Waals surface area contributed by atoms with Crippen LogP contribution in [0.5, 0.6) is 5.75 Å². The third-order valence-corrected chi connectivity index (χ3v) is 11.1. The Kier molecular flexibility index (Phi) is 14.7. The van der Waals surface area contributed by atoms with Crippen molar-refractivity contribution in [3.8, 4) is 5.75 Å². The summed E-state index contributed by atoms with van der Waals surface area (Å²) in [6, 6.07) is 42.5. The molecule has 6 aromatic carbocycles. The fourth-order valence-electron chi connectivity index (χ4n) is 7.74. The average molecular weight is 893 g/mol. The van der Waals surface area contributed by atoms with Crippen molar-refractivity contribution >= 4 is 29.8 Å². The first-order chi connectivity index (χ1) is 31.8. The lowest BCUT2D eigenvalue weighted by Gasteiger charge is -2.50. The van der Waals surface area contributed by atoms with Gasteiger partial charge in [0, 0.05) is 12.5 Å². The van der Waals surface area contributed by atoms with Gasteiger partial charge in [0.15, 0.2) is 12.2 Å². The van der Waals surface area contributed by atoms with Crippen LogP contribution in [-0.4, -0.2) is 72.6 Å². The molecular formula is C53H48O13. The number of carbonyl (C=O) groups is 5. The average Bonchev–Trinajstić information content (AvgIpc) is 3.34. The topological polar surface area (TPSA) is 170 Å². The molecule has 13 heteroatoms. The van der Waals surface area contributed by atoms with Gasteiger partial charge in [0.05, 0.1) is 29.4 Å². The SMILES string of the molecule is COc1ccc(Cc2c(C)cc(COC(C)=O)cc2[C@@]2(O)O[C@H]([C@H](C)OC(=O)c3ccccc3)[C@@H](OC(=O)c3ccccc3)[C@H](OC(=O)c3ccccc3)[C@H]2OC(=O)c2ccccc2)cc1. The molecule has 0 unspecified atom stereocenters. The standard InChI is InChI=1S/C53H48O13/c1-33-29-37(32-61-35(3)54)31-44(43(33)30-36-25-27-42(60-4)28-26-36)53(59)48(65-52(58)41-23-15-8-16-24-41)47(64-51(57)40-21-13-7-14-22-40)46(63-50(56)39-19-11-6-12-20-39)45(66-53)34(2)62-49(55)38-17-9-5-10-18-38/h5-29,31,34,45-48,59H,30,32H2,1-4H3/t34-,45+,46+,47-,48+,53+/m0/s1. The number of aryl methyl sites for hydroxylation is 1. The Balaban J connectivity index is 1.47. The van der Waals surface area contributed by atoms with E-state index in [0.717, 1.165) is 5.56 Å². The maximum absolute atomic E-state index is 14.4. The number of rotatable bonds is 15. The Hall–Kier alpha value is -7.61. The van der Waals surface area contributed by atoms with Gasteiger partial charge in [-0.3, -0.25) is 4.79 Å². The van der Waals surface area contributed by atoms with Crippen LogP contribution in [0.4, 0.5) is 0 Å². The van der Waals surface area contributed by atoms with Gasteiger partial charge in [-0.25, -0.2) is 19.2 Å². The molecule has 1 heterocycles. The fourth-order valence-corrected chi connectivity index (χ4v) is 7.74. The molecule has 7 rings (SSSR count). The van der Waals surface area contributed by atoms with Crippen LogP contribution in [0, 0.1) is 6.92 Å². The highest BCUT2D eigenvalue weighted by atomic mass is 16.7. The molecule has 1 aliphatic heterocycles. The molecule has 0 aliphatic carbocycles. The van der Waals surface area contributed by atoms with Gasteiger partial charge in [-0.15, -0.1) is 0 Å². The van der Waals surface area contributed by atoms with Crippen molar-refractivity contribution in [2.24, 2.45) is 0 Å². The van der Waals surface area contributed by atoms with Crippen LogP contribution >= 0.6 is 0 Å². The zero-order chi connectivity index (χ0) is 46.8. The van der Waals surface area contributed by atoms with Gasteiger partial charge in [-0.05, 0) is 109 Å². The van der Waals surface area contributed by atoms with Crippen molar-refractivity contribution in [3.63, 3.8) is 0 Å². The van der Waals surface area contributed by atoms with E-state index in [2.05, 4.69) is 0 Å². The number of carbonyl (C=O) groups excluding carboxylic acids is 5. The molecule has 0 amide bonds. The lowest BCUT2D eigenvalue weighted by atomic mass is 9.81. The summed E-state index contributed by atoms with van der Waals surface area (Å²) >= 11 is 0. The largest absolute Gasteiger partial charge is 0.497 e. The number of methoxy groups -OCH3 is 1. The monoisotopic (exact) mass is 892 g/mol. The first-order valence-electron chi connectivity index (χ1n) is 21.2. The second-order valence-electron chi connectivity index (χ2n) is 15.7. The number of benzene rings is 6. The Bertz CT molecular complexity index is 2640. The second-order valence-corrected chi connectivity index (χ2v) is 15.7. The minimum Gasteiger partial charge on any atom is -0.497 e. The molecule has 13 nitrogen and oxygen atoms in total. The van der Waals surface area contributed by atoms with Crippen molar-refractivity contribution in [1.82, 2.24) is 0 Å². The molecule has 0 bridgehead atoms. The van der Waals surface area contributed by atoms with Gasteiger partial charge in [-0.1, -0.05) is 91.0 Å². The quantitative estimate of drug-likeness (QED) is 0.0775. The minimum absolute atomic E-state index is 0.0199. The van der Waals surface area contributed by atoms with Gasteiger partial charge < -0.3 is 38.3 Å². The van der Waals surface area contributed by atoms with E-state index in [4.69, 9.17) is 33.2 Å². The second kappa shape index (κ2) is 20.9. The Morgan fingerprint density at radius 2 is 1.09 bits per heavy atom. The highest BCUT2D eigenvalue weighted by molar-refractivity contribution is 5.92. The summed E-state index contributed by atoms with van der Waals surface area (Å²) in [5.74, 6) is -6.33. The molecule has 1 aliphatic rings. The van der Waals surface area contributed by atoms with E-state index >= 15 is 0 Å². The summed E-state index contributed by atoms with van der Waals surface area (Å²) in [5, 5.41) is 13.8. The lowest BCUT2D eigenvalue weighted by Crippen LogP contribution is -2.68. The summed E-state index contributed by atoms with van der Waals surface area (Å²) in [5.41, 5.74) is 2.72. The molecule has 66 heavy (non-hydrogen) atoms. The number of ether oxygens (including phenoxy) is 7. The number of esters is 5. The van der Waals surface area contributed by atoms with Crippen molar-refractivity contribution in [2.75, 3.05) is 7.11 Å². The summed E-state index contributed by atoms with van der Waals surface area (Å²) in [6.07, 6.45) is -8.45. The normalized spacial score (nSPS) is 19.3. The molecule has 0 aromatic heterocycles. The van der Waals surface area contributed by atoms with Crippen LogP contribution in [0.2, 0.25) is 0 Å². The van der Waals surface area contributed by atoms with Crippen LogP contribution in [0.15, 0.2) is 158 Å². The van der Waals surface area contributed by atoms with E-state index in [0.29, 0.717) is 22.4 Å². The zero-order valence-electron chi connectivity index (χ0n) is 36.7. The molecule has 6 atom stereocenters. The van der Waals surface area contributed by atoms with E-state index in [-0.39, 0.29) is 40.8 Å². The van der Waals surface area contributed by atoms with Crippen molar-refractivity contribution in [1.29, 1.82) is 0 Å². The Morgan fingerprint density at radius 1 is 0.621 bits per heavy atom. The first-order valence-corrected chi connectivity index (χ1v) is 21.2. The molecule has 1 saturated heterocycles. The zero-order valence-corrected chi connectivity index (χ0v) is 36.7. The van der Waals surface area contributed by atoms with E-state index < -0.39 is 66.2 Å². The van der Waals surface area contributed by atoms with Gasteiger partial charge >= 0.3 is 29.8 Å². The molecule has 0 saturated carbocycles. The third-order valence-electron chi connectivity index (χ3n) is 11.1. The number of aliphatic hydroxyl groups is 1. The van der Waals surface area contributed by atoms with Crippen LogP contribution in [0.3, 0.4) is 0 Å². The van der Waals surface area contributed by atoms with E-state index in [9.17, 15) is 29.1 Å². The molecule has 6 aromatic rings. The number of hydrogen-bond acceptors (Lipinski definition) is 13. The van der Waals surface area contributed by atoms with Crippen LogP contribution in [-0.2, 0) is 52.0 Å². The van der Waals surface area contributed by atoms with Crippen molar-refractivity contribution in [3.05, 3.63) is 208 Å². The van der Waals surface area contributed by atoms with Crippen LogP contribution in [0.1, 0.15) is 83.1 Å². The van der Waals surface area contributed by atoms with Crippen molar-refractivity contribution in [2.45, 2.75) is 70.1 Å². The summed E-state index contributed by atoms with van der Waals surface area (Å²) in [6.45, 7) is 4.29. The van der Waals surface area contributed by atoms with E-state index in [1.807, 2.05) is 12.1 Å². The smallest absolute Gasteiger partial charge is 0.338 e. The first kappa shape index (κ1) is 46.4. The molecule has 0 spiro atoms. The molecule has 1 N–H and O–H groups in total. The van der Waals surface area contributed by atoms with Crippen LogP contribution < -0.4 is 4.74 Å². The summed E-state index contributed by atoms with van der Waals surface area (Å²) < 4.78 is 42.6. The maximum Gasteiger partial charge on any atom is 0.338 e. The predicted molar refractivity (Wildman–Crippen MR) is 239 cm³/mol. The lowest BCUT2D eigenvalue weighted by molar-refractivity contribution is -0.360. The fraction of sp³-hybridized carbons (Fsp3) is 0.226. The Morgan fingerprint density at radius 3 is 1.58 bits per heavy atom. The third kappa shape index (κ3) is 10.8. The summed E-state index contributed by atoms with van der Waals surface area (Å²) in [7, 11) is 1.55. The molecule has 338 valence electrons. The van der Waals surface area contributed by atoms with Gasteiger partial charge in [0.25, 0.3) is 0 Å². The maximum atomic E-state index is 14.4. The van der Waals surface area contributed by atoms with E-state index in [1.54, 1.807) is 123 Å². The van der Waals surface area contributed by atoms with E-state index in [1.165, 1.54) is 50.2 Å². The molecule has 1 fully saturated rings. The van der Waals surface area contributed by atoms with Gasteiger partial charge in [0.2, 0.25) is 11.9 Å². The highest BCUT2D eigenvalue weighted by Crippen LogP contribution is 2.45. The van der Waals surface area contributed by atoms with Gasteiger partial charge in [0.1, 0.15) is 24.6 Å².